The molecule has 0 N–H and O–H groups in total. The molecule has 34 heavy (non-hydrogen) atoms. The number of carbonyl (C=O) groups is 1. The van der Waals surface area contributed by atoms with E-state index in [1.54, 1.807) is 41.8 Å². The number of benzene rings is 2. The number of thiazole rings is 1. The molecule has 0 unspecified atom stereocenters. The Labute approximate surface area is 198 Å². The second-order valence-corrected chi connectivity index (χ2v) is 7.90. The SMILES string of the molecule is COc1cc(/C=C(/C#N)c2nc(-c3cc4ccccc4oc3=O)cs2)cc(OC)c1OC(C)=O. The molecule has 0 radical (unpaired) electrons. The van der Waals surface area contributed by atoms with Crippen LogP contribution in [-0.4, -0.2) is 25.2 Å². The van der Waals surface area contributed by atoms with Crippen molar-refractivity contribution in [1.82, 2.24) is 4.98 Å². The zero-order valence-corrected chi connectivity index (χ0v) is 19.3. The lowest BCUT2D eigenvalue weighted by Crippen LogP contribution is -2.05. The van der Waals surface area contributed by atoms with E-state index >= 15 is 0 Å². The van der Waals surface area contributed by atoms with Crippen molar-refractivity contribution in [2.45, 2.75) is 6.92 Å². The Morgan fingerprint density at radius 1 is 1.15 bits per heavy atom. The highest BCUT2D eigenvalue weighted by Crippen LogP contribution is 2.39. The van der Waals surface area contributed by atoms with Gasteiger partial charge in [0, 0.05) is 17.7 Å². The lowest BCUT2D eigenvalue weighted by atomic mass is 10.1. The summed E-state index contributed by atoms with van der Waals surface area (Å²) in [6.07, 6.45) is 1.61. The van der Waals surface area contributed by atoms with Crippen LogP contribution < -0.4 is 19.8 Å². The van der Waals surface area contributed by atoms with Crippen LogP contribution in [0.1, 0.15) is 17.5 Å². The number of nitriles is 1. The van der Waals surface area contributed by atoms with Gasteiger partial charge in [-0.15, -0.1) is 11.3 Å². The quantitative estimate of drug-likeness (QED) is 0.167. The molecule has 0 saturated heterocycles. The molecule has 0 amide bonds. The molecule has 170 valence electrons. The number of ether oxygens (including phenoxy) is 3. The van der Waals surface area contributed by atoms with Gasteiger partial charge in [0.2, 0.25) is 5.75 Å². The Morgan fingerprint density at radius 2 is 1.85 bits per heavy atom. The maximum absolute atomic E-state index is 12.5. The number of esters is 1. The average molecular weight is 474 g/mol. The Morgan fingerprint density at radius 3 is 2.50 bits per heavy atom. The van der Waals surface area contributed by atoms with Crippen LogP contribution in [0, 0.1) is 11.3 Å². The van der Waals surface area contributed by atoms with Crippen LogP contribution in [0.4, 0.5) is 0 Å². The summed E-state index contributed by atoms with van der Waals surface area (Å²) in [6, 6.07) is 14.3. The number of rotatable bonds is 6. The van der Waals surface area contributed by atoms with Crippen molar-refractivity contribution in [3.8, 4) is 34.6 Å². The number of fused-ring (bicyclic) bond motifs is 1. The van der Waals surface area contributed by atoms with Gasteiger partial charge >= 0.3 is 11.6 Å². The predicted octanol–water partition coefficient (Wildman–Crippen LogP) is 4.92. The first kappa shape index (κ1) is 22.8. The first-order valence-electron chi connectivity index (χ1n) is 9.99. The van der Waals surface area contributed by atoms with E-state index < -0.39 is 11.6 Å². The summed E-state index contributed by atoms with van der Waals surface area (Å²) < 4.78 is 21.3. The van der Waals surface area contributed by atoms with Crippen LogP contribution in [0.3, 0.4) is 0 Å². The van der Waals surface area contributed by atoms with E-state index in [2.05, 4.69) is 11.1 Å². The fraction of sp³-hybridized carbons (Fsp3) is 0.120. The van der Waals surface area contributed by atoms with E-state index in [-0.39, 0.29) is 22.8 Å². The molecule has 0 atom stereocenters. The Bertz CT molecular complexity index is 1500. The van der Waals surface area contributed by atoms with Crippen molar-refractivity contribution in [3.05, 3.63) is 68.8 Å². The molecule has 0 aliphatic carbocycles. The van der Waals surface area contributed by atoms with E-state index in [1.165, 1.54) is 32.5 Å². The van der Waals surface area contributed by atoms with Gasteiger partial charge in [0.15, 0.2) is 11.5 Å². The number of nitrogens with zero attached hydrogens (tertiary/aromatic N) is 2. The van der Waals surface area contributed by atoms with Crippen LogP contribution in [0.25, 0.3) is 33.9 Å². The maximum atomic E-state index is 12.5. The second kappa shape index (κ2) is 9.60. The predicted molar refractivity (Wildman–Crippen MR) is 128 cm³/mol. The van der Waals surface area contributed by atoms with Gasteiger partial charge in [-0.05, 0) is 35.9 Å². The highest BCUT2D eigenvalue weighted by molar-refractivity contribution is 7.11. The molecular formula is C25H18N2O6S. The number of carbonyl (C=O) groups excluding carboxylic acids is 1. The molecule has 4 aromatic rings. The minimum atomic E-state index is -0.522. The fourth-order valence-corrected chi connectivity index (χ4v) is 4.08. The lowest BCUT2D eigenvalue weighted by molar-refractivity contribution is -0.132. The second-order valence-electron chi connectivity index (χ2n) is 7.04. The van der Waals surface area contributed by atoms with E-state index in [9.17, 15) is 14.9 Å². The standard InChI is InChI=1S/C25H18N2O6S/c1-14(28)32-23-21(30-2)9-15(10-22(23)31-3)8-17(12-26)24-27-19(13-34-24)18-11-16-6-4-5-7-20(16)33-25(18)29/h4-11,13H,1-3H3/b17-8-. The summed E-state index contributed by atoms with van der Waals surface area (Å²) in [5.41, 5.74) is 1.56. The smallest absolute Gasteiger partial charge is 0.345 e. The van der Waals surface area contributed by atoms with Gasteiger partial charge in [-0.3, -0.25) is 4.79 Å². The number of para-hydroxylation sites is 1. The molecule has 0 saturated carbocycles. The monoisotopic (exact) mass is 474 g/mol. The van der Waals surface area contributed by atoms with Crippen molar-refractivity contribution in [3.63, 3.8) is 0 Å². The van der Waals surface area contributed by atoms with Crippen LogP contribution in [0.5, 0.6) is 17.2 Å². The molecule has 0 aliphatic rings. The minimum absolute atomic E-state index is 0.146. The fourth-order valence-electron chi connectivity index (χ4n) is 3.30. The van der Waals surface area contributed by atoms with Crippen LogP contribution >= 0.6 is 11.3 Å². The van der Waals surface area contributed by atoms with Gasteiger partial charge in [-0.2, -0.15) is 5.26 Å². The highest BCUT2D eigenvalue weighted by Gasteiger charge is 2.17. The topological polar surface area (TPSA) is 112 Å². The summed E-state index contributed by atoms with van der Waals surface area (Å²) in [5, 5.41) is 12.7. The van der Waals surface area contributed by atoms with Gasteiger partial charge in [0.1, 0.15) is 16.7 Å². The summed E-state index contributed by atoms with van der Waals surface area (Å²) in [6.45, 7) is 1.27. The third-order valence-electron chi connectivity index (χ3n) is 4.81. The van der Waals surface area contributed by atoms with E-state index in [0.717, 1.165) is 5.39 Å². The molecular weight excluding hydrogens is 456 g/mol. The van der Waals surface area contributed by atoms with Crippen molar-refractivity contribution in [2.24, 2.45) is 0 Å². The molecule has 2 aromatic carbocycles. The maximum Gasteiger partial charge on any atom is 0.345 e. The molecule has 9 heteroatoms. The van der Waals surface area contributed by atoms with E-state index in [0.29, 0.717) is 27.4 Å². The molecule has 0 spiro atoms. The third-order valence-corrected chi connectivity index (χ3v) is 5.69. The molecule has 2 aromatic heterocycles. The molecule has 8 nitrogen and oxygen atoms in total. The van der Waals surface area contributed by atoms with Crippen molar-refractivity contribution in [2.75, 3.05) is 14.2 Å². The Hall–Kier alpha value is -4.42. The highest BCUT2D eigenvalue weighted by atomic mass is 32.1. The van der Waals surface area contributed by atoms with Gasteiger partial charge in [-0.1, -0.05) is 18.2 Å². The minimum Gasteiger partial charge on any atom is -0.493 e. The van der Waals surface area contributed by atoms with Crippen molar-refractivity contribution in [1.29, 1.82) is 5.26 Å². The Kier molecular flexibility index (Phi) is 6.43. The lowest BCUT2D eigenvalue weighted by Gasteiger charge is -2.13. The first-order chi connectivity index (χ1) is 16.4. The van der Waals surface area contributed by atoms with Gasteiger partial charge < -0.3 is 18.6 Å². The average Bonchev–Trinajstić information content (AvgIpc) is 3.32. The number of methoxy groups -OCH3 is 2. The van der Waals surface area contributed by atoms with Gasteiger partial charge in [0.05, 0.1) is 31.1 Å². The summed E-state index contributed by atoms with van der Waals surface area (Å²) >= 11 is 1.23. The molecule has 0 bridgehead atoms. The summed E-state index contributed by atoms with van der Waals surface area (Å²) in [4.78, 5) is 28.4. The van der Waals surface area contributed by atoms with Crippen molar-refractivity contribution >= 4 is 39.9 Å². The van der Waals surface area contributed by atoms with Crippen molar-refractivity contribution < 1.29 is 23.4 Å². The normalized spacial score (nSPS) is 11.2. The summed E-state index contributed by atoms with van der Waals surface area (Å²) in [7, 11) is 2.87. The number of aromatic nitrogens is 1. The first-order valence-corrected chi connectivity index (χ1v) is 10.9. The van der Waals surface area contributed by atoms with Crippen LogP contribution in [-0.2, 0) is 4.79 Å². The Balaban J connectivity index is 1.74. The zero-order chi connectivity index (χ0) is 24.2. The zero-order valence-electron chi connectivity index (χ0n) is 18.4. The number of hydrogen-bond donors (Lipinski definition) is 0. The third kappa shape index (κ3) is 4.53. The number of allylic oxidation sites excluding steroid dienone is 1. The van der Waals surface area contributed by atoms with E-state index in [4.69, 9.17) is 18.6 Å². The molecule has 0 fully saturated rings. The van der Waals surface area contributed by atoms with Gasteiger partial charge in [-0.25, -0.2) is 9.78 Å². The molecule has 2 heterocycles. The van der Waals surface area contributed by atoms with Crippen LogP contribution in [0.15, 0.2) is 57.1 Å². The molecule has 4 rings (SSSR count). The number of hydrogen-bond acceptors (Lipinski definition) is 9. The van der Waals surface area contributed by atoms with E-state index in [1.807, 2.05) is 12.1 Å². The van der Waals surface area contributed by atoms with Crippen LogP contribution in [0.2, 0.25) is 0 Å². The van der Waals surface area contributed by atoms with Gasteiger partial charge in [0.25, 0.3) is 0 Å². The largest absolute Gasteiger partial charge is 0.493 e. The summed E-state index contributed by atoms with van der Waals surface area (Å²) in [5.74, 6) is 0.164. The molecule has 0 aliphatic heterocycles.